The van der Waals surface area contributed by atoms with E-state index in [1.54, 1.807) is 13.3 Å². The van der Waals surface area contributed by atoms with E-state index < -0.39 is 0 Å². The number of piperidine rings is 1. The van der Waals surface area contributed by atoms with Crippen LogP contribution in [0.2, 0.25) is 0 Å². The third-order valence-corrected chi connectivity index (χ3v) is 5.51. The van der Waals surface area contributed by atoms with Crippen LogP contribution in [0.15, 0.2) is 24.4 Å². The maximum Gasteiger partial charge on any atom is 0.248 e. The topological polar surface area (TPSA) is 66.0 Å². The average molecular weight is 374 g/mol. The number of aromatic nitrogens is 1. The van der Waals surface area contributed by atoms with Gasteiger partial charge in [0.15, 0.2) is 0 Å². The van der Waals surface area contributed by atoms with Crippen molar-refractivity contribution in [2.45, 2.75) is 25.7 Å². The molecule has 2 saturated heterocycles. The number of carbonyl (C=O) groups is 2. The summed E-state index contributed by atoms with van der Waals surface area (Å²) in [4.78, 5) is 35.0. The van der Waals surface area contributed by atoms with Crippen LogP contribution in [0.25, 0.3) is 0 Å². The van der Waals surface area contributed by atoms with Gasteiger partial charge in [0.05, 0.1) is 0 Å². The van der Waals surface area contributed by atoms with Gasteiger partial charge in [-0.25, -0.2) is 4.98 Å². The predicted octanol–water partition coefficient (Wildman–Crippen LogP) is 1.40. The van der Waals surface area contributed by atoms with E-state index in [1.807, 2.05) is 28.0 Å². The molecule has 2 aliphatic rings. The van der Waals surface area contributed by atoms with Gasteiger partial charge in [-0.1, -0.05) is 6.07 Å². The lowest BCUT2D eigenvalue weighted by Crippen LogP contribution is -2.49. The summed E-state index contributed by atoms with van der Waals surface area (Å²) in [5.74, 6) is 1.68. The van der Waals surface area contributed by atoms with Crippen LogP contribution in [0.1, 0.15) is 25.7 Å². The van der Waals surface area contributed by atoms with Gasteiger partial charge in [-0.15, -0.1) is 0 Å². The summed E-state index contributed by atoms with van der Waals surface area (Å²) in [5.41, 5.74) is 0. The van der Waals surface area contributed by atoms with Gasteiger partial charge in [0, 0.05) is 59.0 Å². The van der Waals surface area contributed by atoms with E-state index in [0.717, 1.165) is 64.3 Å². The zero-order valence-electron chi connectivity index (χ0n) is 16.2. The number of hydrogen-bond acceptors (Lipinski definition) is 5. The lowest BCUT2D eigenvalue weighted by Gasteiger charge is -2.36. The number of amides is 2. The second-order valence-electron chi connectivity index (χ2n) is 7.38. The molecule has 2 fully saturated rings. The molecular weight excluding hydrogens is 344 g/mol. The summed E-state index contributed by atoms with van der Waals surface area (Å²) in [6.07, 6.45) is 5.34. The van der Waals surface area contributed by atoms with Crippen molar-refractivity contribution in [3.63, 3.8) is 0 Å². The van der Waals surface area contributed by atoms with E-state index in [4.69, 9.17) is 4.74 Å². The smallest absolute Gasteiger partial charge is 0.248 e. The molecule has 0 N–H and O–H groups in total. The molecule has 7 heteroatoms. The van der Waals surface area contributed by atoms with Crippen LogP contribution in [0.5, 0.6) is 0 Å². The molecule has 2 amide bonds. The van der Waals surface area contributed by atoms with Gasteiger partial charge < -0.3 is 19.4 Å². The molecule has 1 atom stereocenters. The van der Waals surface area contributed by atoms with Crippen LogP contribution < -0.4 is 4.90 Å². The Kier molecular flexibility index (Phi) is 7.04. The molecule has 0 aliphatic carbocycles. The summed E-state index contributed by atoms with van der Waals surface area (Å²) in [6.45, 7) is 4.85. The fourth-order valence-electron chi connectivity index (χ4n) is 3.95. The normalized spacial score (nSPS) is 20.6. The Morgan fingerprint density at radius 1 is 1.11 bits per heavy atom. The second-order valence-corrected chi connectivity index (χ2v) is 7.38. The number of hydrogen-bond donors (Lipinski definition) is 0. The Balaban J connectivity index is 1.40. The second kappa shape index (κ2) is 9.69. The van der Waals surface area contributed by atoms with E-state index in [-0.39, 0.29) is 18.4 Å². The summed E-state index contributed by atoms with van der Waals surface area (Å²) in [5, 5.41) is 0. The van der Waals surface area contributed by atoms with Crippen LogP contribution in [-0.2, 0) is 14.3 Å². The number of carbonyl (C=O) groups excluding carboxylic acids is 2. The minimum absolute atomic E-state index is 0.0548. The maximum absolute atomic E-state index is 12.6. The number of likely N-dealkylation sites (tertiary alicyclic amines) is 1. The van der Waals surface area contributed by atoms with E-state index in [0.29, 0.717) is 12.3 Å². The van der Waals surface area contributed by atoms with Gasteiger partial charge in [-0.3, -0.25) is 9.59 Å². The van der Waals surface area contributed by atoms with Crippen molar-refractivity contribution in [3.8, 4) is 0 Å². The Labute approximate surface area is 161 Å². The van der Waals surface area contributed by atoms with Crippen LogP contribution in [-0.4, -0.2) is 79.6 Å². The van der Waals surface area contributed by atoms with Crippen molar-refractivity contribution in [1.82, 2.24) is 14.8 Å². The molecular formula is C20H30N4O3. The lowest BCUT2D eigenvalue weighted by molar-refractivity contribution is -0.137. The zero-order chi connectivity index (χ0) is 19.1. The summed E-state index contributed by atoms with van der Waals surface area (Å²) < 4.78 is 4.95. The van der Waals surface area contributed by atoms with Gasteiger partial charge >= 0.3 is 0 Å². The SMILES string of the molecule is COCC(=O)N1CCCC(CCC(=O)N2CCN(c3ccccn3)CC2)C1. The highest BCUT2D eigenvalue weighted by Gasteiger charge is 2.26. The first kappa shape index (κ1) is 19.6. The molecule has 2 aliphatic heterocycles. The average Bonchev–Trinajstić information content (AvgIpc) is 2.73. The van der Waals surface area contributed by atoms with Crippen LogP contribution in [0.4, 0.5) is 5.82 Å². The Morgan fingerprint density at radius 2 is 1.93 bits per heavy atom. The minimum Gasteiger partial charge on any atom is -0.375 e. The molecule has 0 aromatic carbocycles. The molecule has 1 aromatic heterocycles. The van der Waals surface area contributed by atoms with Crippen LogP contribution in [0, 0.1) is 5.92 Å². The number of rotatable bonds is 6. The van der Waals surface area contributed by atoms with Gasteiger partial charge in [0.1, 0.15) is 12.4 Å². The molecule has 1 unspecified atom stereocenters. The summed E-state index contributed by atoms with van der Waals surface area (Å²) >= 11 is 0. The van der Waals surface area contributed by atoms with Crippen molar-refractivity contribution >= 4 is 17.6 Å². The molecule has 0 saturated carbocycles. The number of nitrogens with zero attached hydrogens (tertiary/aromatic N) is 4. The molecule has 0 spiro atoms. The standard InChI is InChI=1S/C20H30N4O3/c1-27-16-20(26)24-10-4-5-17(15-24)7-8-19(25)23-13-11-22(12-14-23)18-6-2-3-9-21-18/h2-3,6,9,17H,4-5,7-8,10-16H2,1H3. The molecule has 3 heterocycles. The molecule has 27 heavy (non-hydrogen) atoms. The van der Waals surface area contributed by atoms with Gasteiger partial charge in [0.2, 0.25) is 11.8 Å². The fraction of sp³-hybridized carbons (Fsp3) is 0.650. The predicted molar refractivity (Wildman–Crippen MR) is 103 cm³/mol. The molecule has 148 valence electrons. The third kappa shape index (κ3) is 5.42. The van der Waals surface area contributed by atoms with Crippen molar-refractivity contribution in [1.29, 1.82) is 0 Å². The maximum atomic E-state index is 12.6. The first-order valence-electron chi connectivity index (χ1n) is 9.88. The Bertz CT molecular complexity index is 617. The molecule has 1 aromatic rings. The first-order chi connectivity index (χ1) is 13.2. The molecule has 7 nitrogen and oxygen atoms in total. The van der Waals surface area contributed by atoms with Crippen LogP contribution in [0.3, 0.4) is 0 Å². The quantitative estimate of drug-likeness (QED) is 0.753. The molecule has 3 rings (SSSR count). The number of pyridine rings is 1. The van der Waals surface area contributed by atoms with Crippen LogP contribution >= 0.6 is 0 Å². The zero-order valence-corrected chi connectivity index (χ0v) is 16.2. The van der Waals surface area contributed by atoms with Gasteiger partial charge in [-0.2, -0.15) is 0 Å². The first-order valence-corrected chi connectivity index (χ1v) is 9.88. The monoisotopic (exact) mass is 374 g/mol. The highest BCUT2D eigenvalue weighted by atomic mass is 16.5. The van der Waals surface area contributed by atoms with Gasteiger partial charge in [-0.05, 0) is 37.3 Å². The van der Waals surface area contributed by atoms with E-state index >= 15 is 0 Å². The lowest BCUT2D eigenvalue weighted by atomic mass is 9.93. The Hall–Kier alpha value is -2.15. The number of piperazine rings is 1. The minimum atomic E-state index is 0.0548. The van der Waals surface area contributed by atoms with Crippen molar-refractivity contribution < 1.29 is 14.3 Å². The highest BCUT2D eigenvalue weighted by molar-refractivity contribution is 5.78. The number of methoxy groups -OCH3 is 1. The van der Waals surface area contributed by atoms with Crippen molar-refractivity contribution in [2.75, 3.05) is 57.9 Å². The summed E-state index contributed by atoms with van der Waals surface area (Å²) in [6, 6.07) is 5.92. The fourth-order valence-corrected chi connectivity index (χ4v) is 3.95. The molecule has 0 radical (unpaired) electrons. The number of ether oxygens (including phenoxy) is 1. The van der Waals surface area contributed by atoms with E-state index in [9.17, 15) is 9.59 Å². The van der Waals surface area contributed by atoms with Crippen molar-refractivity contribution in [2.24, 2.45) is 5.92 Å². The molecule has 0 bridgehead atoms. The Morgan fingerprint density at radius 3 is 2.63 bits per heavy atom. The highest BCUT2D eigenvalue weighted by Crippen LogP contribution is 2.22. The third-order valence-electron chi connectivity index (χ3n) is 5.51. The number of anilines is 1. The van der Waals surface area contributed by atoms with E-state index in [1.165, 1.54) is 0 Å². The largest absolute Gasteiger partial charge is 0.375 e. The van der Waals surface area contributed by atoms with E-state index in [2.05, 4.69) is 9.88 Å². The van der Waals surface area contributed by atoms with Gasteiger partial charge in [0.25, 0.3) is 0 Å². The summed E-state index contributed by atoms with van der Waals surface area (Å²) in [7, 11) is 1.55. The van der Waals surface area contributed by atoms with Crippen molar-refractivity contribution in [3.05, 3.63) is 24.4 Å².